The van der Waals surface area contributed by atoms with Crippen LogP contribution >= 0.6 is 0 Å². The first-order valence-corrected chi connectivity index (χ1v) is 13.7. The van der Waals surface area contributed by atoms with Crippen molar-refractivity contribution in [2.45, 2.75) is 43.0 Å². The van der Waals surface area contributed by atoms with E-state index in [-0.39, 0.29) is 30.9 Å². The zero-order valence-electron chi connectivity index (χ0n) is 20.5. The Labute approximate surface area is 221 Å². The van der Waals surface area contributed by atoms with Crippen molar-refractivity contribution < 1.29 is 32.6 Å². The molecule has 0 bridgehead atoms. The smallest absolute Gasteiger partial charge is 0.411 e. The number of ether oxygens (including phenoxy) is 1. The molecule has 2 amide bonds. The first-order chi connectivity index (χ1) is 18.2. The van der Waals surface area contributed by atoms with Gasteiger partial charge in [-0.25, -0.2) is 18.0 Å². The summed E-state index contributed by atoms with van der Waals surface area (Å²) in [5.41, 5.74) is 2.50. The SMILES string of the molecule is O=C(O)[C@@H](CCS(=O)(=O)c1ccccc1)NC(=O)[C@@H]1Cc2ccccc2CN1C(=O)OCc1ccccc1. The Morgan fingerprint density at radius 2 is 1.53 bits per heavy atom. The summed E-state index contributed by atoms with van der Waals surface area (Å²) in [6.45, 7) is 0.128. The first kappa shape index (κ1) is 26.9. The van der Waals surface area contributed by atoms with Crippen LogP contribution in [0.4, 0.5) is 4.79 Å². The molecule has 3 aromatic rings. The Hall–Kier alpha value is -4.18. The minimum Gasteiger partial charge on any atom is -0.480 e. The second kappa shape index (κ2) is 11.9. The quantitative estimate of drug-likeness (QED) is 0.430. The lowest BCUT2D eigenvalue weighted by molar-refractivity contribution is -0.142. The van der Waals surface area contributed by atoms with E-state index >= 15 is 0 Å². The maximum Gasteiger partial charge on any atom is 0.411 e. The summed E-state index contributed by atoms with van der Waals surface area (Å²) >= 11 is 0. The van der Waals surface area contributed by atoms with E-state index in [1.165, 1.54) is 17.0 Å². The van der Waals surface area contributed by atoms with Gasteiger partial charge in [-0.1, -0.05) is 72.8 Å². The zero-order chi connectivity index (χ0) is 27.1. The number of carbonyl (C=O) groups excluding carboxylic acids is 2. The van der Waals surface area contributed by atoms with Crippen LogP contribution in [0.5, 0.6) is 0 Å². The van der Waals surface area contributed by atoms with Crippen LogP contribution in [0.25, 0.3) is 0 Å². The maximum absolute atomic E-state index is 13.3. The van der Waals surface area contributed by atoms with Gasteiger partial charge in [-0.05, 0) is 35.2 Å². The average Bonchev–Trinajstić information content (AvgIpc) is 2.94. The van der Waals surface area contributed by atoms with Gasteiger partial charge in [0.25, 0.3) is 0 Å². The molecular weight excluding hydrogens is 508 g/mol. The third-order valence-electron chi connectivity index (χ3n) is 6.38. The van der Waals surface area contributed by atoms with Gasteiger partial charge in [0.2, 0.25) is 5.91 Å². The van der Waals surface area contributed by atoms with Crippen LogP contribution in [0.3, 0.4) is 0 Å². The number of nitrogens with one attached hydrogen (secondary N) is 1. The van der Waals surface area contributed by atoms with E-state index in [1.54, 1.807) is 18.2 Å². The summed E-state index contributed by atoms with van der Waals surface area (Å²) in [6, 6.07) is 21.7. The fourth-order valence-corrected chi connectivity index (χ4v) is 5.65. The summed E-state index contributed by atoms with van der Waals surface area (Å²) in [6.07, 6.45) is -0.876. The van der Waals surface area contributed by atoms with Gasteiger partial charge in [0.05, 0.1) is 17.2 Å². The monoisotopic (exact) mass is 536 g/mol. The molecule has 0 saturated heterocycles. The van der Waals surface area contributed by atoms with Gasteiger partial charge in [0.15, 0.2) is 9.84 Å². The van der Waals surface area contributed by atoms with Gasteiger partial charge in [-0.15, -0.1) is 0 Å². The number of aliphatic carboxylic acids is 1. The van der Waals surface area contributed by atoms with Crippen LogP contribution in [0.15, 0.2) is 89.8 Å². The number of sulfone groups is 1. The Bertz CT molecular complexity index is 1390. The summed E-state index contributed by atoms with van der Waals surface area (Å²) in [4.78, 5) is 39.7. The second-order valence-electron chi connectivity index (χ2n) is 8.98. The predicted molar refractivity (Wildman–Crippen MR) is 139 cm³/mol. The third-order valence-corrected chi connectivity index (χ3v) is 8.15. The van der Waals surface area contributed by atoms with Crippen molar-refractivity contribution in [3.05, 3.63) is 102 Å². The molecular formula is C28H28N2O7S. The lowest BCUT2D eigenvalue weighted by Crippen LogP contribution is -2.55. The highest BCUT2D eigenvalue weighted by atomic mass is 32.2. The molecule has 1 aliphatic heterocycles. The van der Waals surface area contributed by atoms with Crippen molar-refractivity contribution in [2.75, 3.05) is 5.75 Å². The van der Waals surface area contributed by atoms with Gasteiger partial charge in [-0.3, -0.25) is 9.69 Å². The summed E-state index contributed by atoms with van der Waals surface area (Å²) in [7, 11) is -3.75. The molecule has 0 aliphatic carbocycles. The van der Waals surface area contributed by atoms with E-state index in [9.17, 15) is 27.9 Å². The topological polar surface area (TPSA) is 130 Å². The van der Waals surface area contributed by atoms with E-state index in [1.807, 2.05) is 54.6 Å². The maximum atomic E-state index is 13.3. The number of hydrogen-bond donors (Lipinski definition) is 2. The molecule has 0 spiro atoms. The highest BCUT2D eigenvalue weighted by molar-refractivity contribution is 7.91. The molecule has 0 aromatic heterocycles. The fourth-order valence-electron chi connectivity index (χ4n) is 4.30. The van der Waals surface area contributed by atoms with Gasteiger partial charge in [-0.2, -0.15) is 0 Å². The van der Waals surface area contributed by atoms with Crippen molar-refractivity contribution in [2.24, 2.45) is 0 Å². The second-order valence-corrected chi connectivity index (χ2v) is 11.1. The molecule has 1 heterocycles. The molecule has 0 unspecified atom stereocenters. The van der Waals surface area contributed by atoms with Crippen molar-refractivity contribution in [3.8, 4) is 0 Å². The molecule has 0 saturated carbocycles. The van der Waals surface area contributed by atoms with Crippen molar-refractivity contribution in [3.63, 3.8) is 0 Å². The molecule has 198 valence electrons. The van der Waals surface area contributed by atoms with E-state index in [0.717, 1.165) is 16.7 Å². The van der Waals surface area contributed by atoms with Crippen LogP contribution in [-0.4, -0.2) is 54.2 Å². The largest absolute Gasteiger partial charge is 0.480 e. The third kappa shape index (κ3) is 6.57. The van der Waals surface area contributed by atoms with Crippen LogP contribution in [0, 0.1) is 0 Å². The molecule has 4 rings (SSSR count). The Morgan fingerprint density at radius 3 is 2.18 bits per heavy atom. The van der Waals surface area contributed by atoms with Gasteiger partial charge in [0, 0.05) is 6.42 Å². The Kier molecular flexibility index (Phi) is 8.42. The van der Waals surface area contributed by atoms with Gasteiger partial charge < -0.3 is 15.2 Å². The minimum atomic E-state index is -3.75. The number of fused-ring (bicyclic) bond motifs is 1. The van der Waals surface area contributed by atoms with Gasteiger partial charge in [0.1, 0.15) is 18.7 Å². The van der Waals surface area contributed by atoms with E-state index in [0.29, 0.717) is 0 Å². The van der Waals surface area contributed by atoms with Crippen molar-refractivity contribution in [1.29, 1.82) is 0 Å². The standard InChI is InChI=1S/C28H28N2O7S/c31-26(29-24(27(32)33)15-16-38(35,36)23-13-5-2-6-14-23)25-17-21-11-7-8-12-22(21)18-30(25)28(34)37-19-20-9-3-1-4-10-20/h1-14,24-25H,15-19H2,(H,29,31)(H,32,33)/t24-,25+/m1/s1. The van der Waals surface area contributed by atoms with Crippen molar-refractivity contribution >= 4 is 27.8 Å². The minimum absolute atomic E-state index is 0.0151. The predicted octanol–water partition coefficient (Wildman–Crippen LogP) is 3.18. The fraction of sp³-hybridized carbons (Fsp3) is 0.250. The average molecular weight is 537 g/mol. The van der Waals surface area contributed by atoms with Crippen LogP contribution in [0.1, 0.15) is 23.1 Å². The molecule has 0 radical (unpaired) electrons. The molecule has 2 N–H and O–H groups in total. The van der Waals surface area contributed by atoms with E-state index in [2.05, 4.69) is 5.32 Å². The number of rotatable bonds is 9. The lowest BCUT2D eigenvalue weighted by atomic mass is 9.93. The lowest BCUT2D eigenvalue weighted by Gasteiger charge is -2.35. The Morgan fingerprint density at radius 1 is 0.921 bits per heavy atom. The Balaban J connectivity index is 1.48. The first-order valence-electron chi connectivity index (χ1n) is 12.1. The molecule has 9 nitrogen and oxygen atoms in total. The van der Waals surface area contributed by atoms with Crippen LogP contribution in [-0.2, 0) is 43.7 Å². The van der Waals surface area contributed by atoms with Crippen LogP contribution < -0.4 is 5.32 Å². The highest BCUT2D eigenvalue weighted by Crippen LogP contribution is 2.25. The number of hydrogen-bond acceptors (Lipinski definition) is 6. The highest BCUT2D eigenvalue weighted by Gasteiger charge is 2.37. The number of carboxylic acid groups (broad SMARTS) is 1. The number of benzene rings is 3. The number of amides is 2. The molecule has 10 heteroatoms. The van der Waals surface area contributed by atoms with E-state index < -0.39 is 45.6 Å². The molecule has 2 atom stereocenters. The van der Waals surface area contributed by atoms with Crippen LogP contribution in [0.2, 0.25) is 0 Å². The summed E-state index contributed by atoms with van der Waals surface area (Å²) < 4.78 is 30.7. The number of nitrogens with zero attached hydrogens (tertiary/aromatic N) is 1. The van der Waals surface area contributed by atoms with Crippen molar-refractivity contribution in [1.82, 2.24) is 10.2 Å². The summed E-state index contributed by atoms with van der Waals surface area (Å²) in [5, 5.41) is 12.2. The zero-order valence-corrected chi connectivity index (χ0v) is 21.3. The van der Waals surface area contributed by atoms with Gasteiger partial charge >= 0.3 is 12.1 Å². The summed E-state index contributed by atoms with van der Waals surface area (Å²) in [5.74, 6) is -2.53. The molecule has 0 fully saturated rings. The van der Waals surface area contributed by atoms with E-state index in [4.69, 9.17) is 4.74 Å². The molecule has 38 heavy (non-hydrogen) atoms. The molecule has 3 aromatic carbocycles. The number of carbonyl (C=O) groups is 3. The molecule has 1 aliphatic rings. The number of carboxylic acids is 1. The normalized spacial score (nSPS) is 15.7.